The van der Waals surface area contributed by atoms with Crippen molar-refractivity contribution in [1.29, 1.82) is 0 Å². The molecule has 1 amide bonds. The van der Waals surface area contributed by atoms with Gasteiger partial charge >= 0.3 is 5.91 Å². The fourth-order valence-electron chi connectivity index (χ4n) is 0. The predicted molar refractivity (Wildman–Crippen MR) is 20.9 cm³/mol. The van der Waals surface area contributed by atoms with Crippen molar-refractivity contribution in [3.05, 3.63) is 5.21 Å². The Morgan fingerprint density at radius 3 is 2.00 bits per heavy atom. The first kappa shape index (κ1) is 5.59. The molecule has 0 spiro atoms. The van der Waals surface area contributed by atoms with E-state index >= 15 is 0 Å². The van der Waals surface area contributed by atoms with Crippen molar-refractivity contribution in [2.75, 3.05) is 7.05 Å². The lowest BCUT2D eigenvalue weighted by Crippen LogP contribution is -3.06. The van der Waals surface area contributed by atoms with Gasteiger partial charge in [0.05, 0.1) is 14.0 Å². The fourth-order valence-corrected chi connectivity index (χ4v) is 0. The van der Waals surface area contributed by atoms with E-state index in [0.29, 0.717) is 0 Å². The van der Waals surface area contributed by atoms with E-state index in [4.69, 9.17) is 0 Å². The number of quaternary nitrogens is 1. The monoisotopic (exact) mass is 89.0 g/mol. The van der Waals surface area contributed by atoms with Gasteiger partial charge in [-0.05, 0) is 0 Å². The third-order valence-corrected chi connectivity index (χ3v) is 0.496. The van der Waals surface area contributed by atoms with Crippen LogP contribution in [-0.4, -0.2) is 13.0 Å². The Kier molecular flexibility index (Phi) is 1.76. The van der Waals surface area contributed by atoms with Crippen LogP contribution >= 0.6 is 0 Å². The number of hydroxylamine groups is 2. The van der Waals surface area contributed by atoms with Crippen LogP contribution in [0.3, 0.4) is 0 Å². The van der Waals surface area contributed by atoms with Crippen molar-refractivity contribution >= 4 is 5.91 Å². The number of nitrogens with one attached hydrogen (secondary N) is 1. The Morgan fingerprint density at radius 2 is 2.00 bits per heavy atom. The van der Waals surface area contributed by atoms with Gasteiger partial charge in [0, 0.05) is 0 Å². The van der Waals surface area contributed by atoms with E-state index in [-0.39, 0.29) is 11.0 Å². The average Bonchev–Trinajstić information content (AvgIpc) is 1.36. The normalized spacial score (nSPS) is 13.8. The van der Waals surface area contributed by atoms with Gasteiger partial charge in [-0.3, -0.25) is 0 Å². The second kappa shape index (κ2) is 1.89. The van der Waals surface area contributed by atoms with Crippen molar-refractivity contribution in [2.45, 2.75) is 6.92 Å². The maximum Gasteiger partial charge on any atom is 0.308 e. The Bertz CT molecular complexity index is 59.8. The van der Waals surface area contributed by atoms with Crippen molar-refractivity contribution < 1.29 is 9.86 Å². The molecule has 3 heteroatoms. The molecule has 0 aliphatic rings. The summed E-state index contributed by atoms with van der Waals surface area (Å²) in [4.78, 5) is 9.79. The van der Waals surface area contributed by atoms with E-state index < -0.39 is 0 Å². The van der Waals surface area contributed by atoms with Crippen molar-refractivity contribution in [3.8, 4) is 0 Å². The van der Waals surface area contributed by atoms with Gasteiger partial charge in [-0.25, -0.2) is 4.79 Å². The number of amides is 1. The average molecular weight is 89.1 g/mol. The van der Waals surface area contributed by atoms with E-state index in [1.807, 2.05) is 0 Å². The molecular formula is C3H7NO2. The summed E-state index contributed by atoms with van der Waals surface area (Å²) in [7, 11) is 1.25. The SMILES string of the molecule is CC(=O)[NH+](C)[O-]. The molecule has 0 saturated carbocycles. The molecule has 0 aromatic heterocycles. The maximum absolute atomic E-state index is 9.79. The quantitative estimate of drug-likeness (QED) is 0.369. The summed E-state index contributed by atoms with van der Waals surface area (Å²) in [5.41, 5.74) is 0. The van der Waals surface area contributed by atoms with Crippen LogP contribution in [0.15, 0.2) is 0 Å². The molecular weight excluding hydrogens is 82.0 g/mol. The molecule has 0 aliphatic carbocycles. The Labute approximate surface area is 36.1 Å². The number of carbonyl (C=O) groups excluding carboxylic acids is 1. The smallest absolute Gasteiger partial charge is 0.308 e. The van der Waals surface area contributed by atoms with Gasteiger partial charge in [-0.1, -0.05) is 0 Å². The van der Waals surface area contributed by atoms with Crippen LogP contribution in [0.4, 0.5) is 0 Å². The van der Waals surface area contributed by atoms with Crippen molar-refractivity contribution in [3.63, 3.8) is 0 Å². The molecule has 0 saturated heterocycles. The lowest BCUT2D eigenvalue weighted by atomic mass is 10.7. The third kappa shape index (κ3) is 1.87. The first-order valence-corrected chi connectivity index (χ1v) is 1.66. The minimum absolute atomic E-state index is 0.380. The van der Waals surface area contributed by atoms with E-state index in [1.54, 1.807) is 0 Å². The highest BCUT2D eigenvalue weighted by Gasteiger charge is 1.89. The molecule has 0 radical (unpaired) electrons. The highest BCUT2D eigenvalue weighted by molar-refractivity contribution is 5.62. The molecule has 36 valence electrons. The summed E-state index contributed by atoms with van der Waals surface area (Å²) < 4.78 is 0. The standard InChI is InChI=1S/C3H7NO2/c1-3(5)4(2)6/h4H,1-2H3. The van der Waals surface area contributed by atoms with Gasteiger partial charge < -0.3 is 10.3 Å². The summed E-state index contributed by atoms with van der Waals surface area (Å²) >= 11 is 0. The minimum Gasteiger partial charge on any atom is -0.627 e. The number of rotatable bonds is 0. The van der Waals surface area contributed by atoms with E-state index in [0.717, 1.165) is 0 Å². The molecule has 1 atom stereocenters. The number of carbonyl (C=O) groups is 1. The summed E-state index contributed by atoms with van der Waals surface area (Å²) in [5.74, 6) is -0.380. The lowest BCUT2D eigenvalue weighted by molar-refractivity contribution is -0.739. The molecule has 1 unspecified atom stereocenters. The van der Waals surface area contributed by atoms with Crippen molar-refractivity contribution in [1.82, 2.24) is 0 Å². The Morgan fingerprint density at radius 1 is 1.83 bits per heavy atom. The molecule has 0 bridgehead atoms. The van der Waals surface area contributed by atoms with Gasteiger partial charge in [0.25, 0.3) is 0 Å². The topological polar surface area (TPSA) is 44.6 Å². The molecule has 0 fully saturated rings. The second-order valence-electron chi connectivity index (χ2n) is 1.11. The zero-order valence-electron chi connectivity index (χ0n) is 3.82. The van der Waals surface area contributed by atoms with Crippen LogP contribution in [-0.2, 0) is 4.79 Å². The van der Waals surface area contributed by atoms with Gasteiger partial charge in [-0.2, -0.15) is 0 Å². The minimum atomic E-state index is -0.380. The predicted octanol–water partition coefficient (Wildman–Crippen LogP) is -1.45. The number of hydrogen-bond acceptors (Lipinski definition) is 2. The highest BCUT2D eigenvalue weighted by Crippen LogP contribution is 1.38. The number of hydrogen-bond donors (Lipinski definition) is 1. The van der Waals surface area contributed by atoms with Crippen LogP contribution in [0.2, 0.25) is 0 Å². The third-order valence-electron chi connectivity index (χ3n) is 0.496. The Balaban J connectivity index is 3.26. The fraction of sp³-hybridized carbons (Fsp3) is 0.667. The van der Waals surface area contributed by atoms with Crippen LogP contribution in [0, 0.1) is 5.21 Å². The molecule has 1 N–H and O–H groups in total. The van der Waals surface area contributed by atoms with Gasteiger partial charge in [0.15, 0.2) is 0 Å². The largest absolute Gasteiger partial charge is 0.627 e. The molecule has 3 nitrogen and oxygen atoms in total. The molecule has 0 aromatic rings. The highest BCUT2D eigenvalue weighted by atomic mass is 16.5. The zero-order chi connectivity index (χ0) is 5.15. The summed E-state index contributed by atoms with van der Waals surface area (Å²) in [6, 6.07) is 0. The molecule has 6 heavy (non-hydrogen) atoms. The van der Waals surface area contributed by atoms with Gasteiger partial charge in [0.1, 0.15) is 0 Å². The van der Waals surface area contributed by atoms with E-state index in [1.165, 1.54) is 14.0 Å². The summed E-state index contributed by atoms with van der Waals surface area (Å²) in [6.07, 6.45) is 0. The lowest BCUT2D eigenvalue weighted by Gasteiger charge is -2.08. The van der Waals surface area contributed by atoms with Gasteiger partial charge in [0.2, 0.25) is 0 Å². The maximum atomic E-state index is 9.79. The van der Waals surface area contributed by atoms with E-state index in [2.05, 4.69) is 0 Å². The molecule has 0 aliphatic heterocycles. The second-order valence-corrected chi connectivity index (χ2v) is 1.11. The van der Waals surface area contributed by atoms with Gasteiger partial charge in [-0.15, -0.1) is 0 Å². The molecule has 0 heterocycles. The van der Waals surface area contributed by atoms with Crippen LogP contribution in [0.1, 0.15) is 6.92 Å². The van der Waals surface area contributed by atoms with Crippen LogP contribution in [0.5, 0.6) is 0 Å². The molecule has 0 aromatic carbocycles. The first-order valence-electron chi connectivity index (χ1n) is 1.66. The van der Waals surface area contributed by atoms with Crippen molar-refractivity contribution in [2.24, 2.45) is 0 Å². The zero-order valence-corrected chi connectivity index (χ0v) is 3.82. The van der Waals surface area contributed by atoms with Crippen LogP contribution in [0.25, 0.3) is 0 Å². The first-order chi connectivity index (χ1) is 2.64. The summed E-state index contributed by atoms with van der Waals surface area (Å²) in [6.45, 7) is 1.25. The summed E-state index contributed by atoms with van der Waals surface area (Å²) in [5, 5.41) is 9.41. The molecule has 0 rings (SSSR count). The van der Waals surface area contributed by atoms with E-state index in [9.17, 15) is 10.0 Å². The van der Waals surface area contributed by atoms with Crippen LogP contribution < -0.4 is 5.06 Å². The Hall–Kier alpha value is -0.410.